The number of carbonyl (C=O) groups is 2. The molecule has 4 atom stereocenters. The van der Waals surface area contributed by atoms with Gasteiger partial charge in [-0.1, -0.05) is 24.3 Å². The fourth-order valence-electron chi connectivity index (χ4n) is 12.1. The zero-order valence-corrected chi connectivity index (χ0v) is 45.6. The summed E-state index contributed by atoms with van der Waals surface area (Å²) < 4.78 is 126. The summed E-state index contributed by atoms with van der Waals surface area (Å²) in [6.45, 7) is 1.10. The third-order valence-corrected chi connectivity index (χ3v) is 16.8. The second-order valence-corrected chi connectivity index (χ2v) is 22.2. The van der Waals surface area contributed by atoms with Gasteiger partial charge in [-0.05, 0) is 121 Å². The Morgan fingerprint density at radius 2 is 0.954 bits per heavy atom. The van der Waals surface area contributed by atoms with Crippen LogP contribution in [0.25, 0.3) is 44.6 Å². The molecular weight excluding hydrogens is 1130 g/mol. The molecule has 87 heavy (non-hydrogen) atoms. The second kappa shape index (κ2) is 21.4. The number of imidazole rings is 2. The molecule has 432 valence electrons. The van der Waals surface area contributed by atoms with Crippen molar-refractivity contribution in [1.29, 1.82) is 10.5 Å². The SMILES string of the molecule is N#Cc1ccc(COc2cccc(-c3cc(F)c(Cc4nc5ccc(C(=O)OC(=O)c6ccc7nc(Cc8cc(F)c(-c9cccc(OCc%10ccc(C#N)cc%10F)n9)cc8F)n(C89COCC8C9)c7c6)cc5n4C45COCC4C5)cc3F)n2)c(F)c1. The molecule has 4 fully saturated rings. The van der Waals surface area contributed by atoms with Gasteiger partial charge in [0.05, 0.1) is 105 Å². The lowest BCUT2D eigenvalue weighted by molar-refractivity contribution is 0.0397. The van der Waals surface area contributed by atoms with Gasteiger partial charge in [-0.25, -0.2) is 55.9 Å². The number of esters is 2. The minimum Gasteiger partial charge on any atom is -0.473 e. The molecule has 0 N–H and O–H groups in total. The van der Waals surface area contributed by atoms with Gasteiger partial charge in [0.1, 0.15) is 59.8 Å². The van der Waals surface area contributed by atoms with Crippen LogP contribution in [0.5, 0.6) is 11.8 Å². The molecule has 2 aliphatic carbocycles. The van der Waals surface area contributed by atoms with E-state index in [2.05, 4.69) is 9.97 Å². The molecule has 4 unspecified atom stereocenters. The van der Waals surface area contributed by atoms with Crippen LogP contribution < -0.4 is 9.47 Å². The van der Waals surface area contributed by atoms with Crippen molar-refractivity contribution in [2.24, 2.45) is 11.8 Å². The molecule has 0 spiro atoms. The van der Waals surface area contributed by atoms with Gasteiger partial charge in [-0.15, -0.1) is 0 Å². The smallest absolute Gasteiger partial charge is 0.346 e. The molecule has 21 heteroatoms. The van der Waals surface area contributed by atoms with E-state index < -0.39 is 57.9 Å². The number of carbonyl (C=O) groups excluding carboxylic acids is 2. The Bertz CT molecular complexity index is 4350. The second-order valence-electron chi connectivity index (χ2n) is 22.2. The number of hydrogen-bond donors (Lipinski definition) is 0. The molecule has 4 aromatic heterocycles. The number of nitrogens with zero attached hydrogens (tertiary/aromatic N) is 8. The average molecular weight is 1180 g/mol. The fourth-order valence-corrected chi connectivity index (χ4v) is 12.1. The zero-order valence-electron chi connectivity index (χ0n) is 45.6. The quantitative estimate of drug-likeness (QED) is 0.0505. The van der Waals surface area contributed by atoms with E-state index in [1.54, 1.807) is 36.4 Å². The van der Waals surface area contributed by atoms with Gasteiger partial charge < -0.3 is 32.8 Å². The molecule has 0 amide bonds. The van der Waals surface area contributed by atoms with Gasteiger partial charge in [0, 0.05) is 59.1 Å². The minimum absolute atomic E-state index is 0.00482. The lowest BCUT2D eigenvalue weighted by Crippen LogP contribution is -2.24. The third kappa shape index (κ3) is 9.93. The highest BCUT2D eigenvalue weighted by Gasteiger charge is 2.62. The van der Waals surface area contributed by atoms with Crippen LogP contribution in [0.2, 0.25) is 0 Å². The van der Waals surface area contributed by atoms with E-state index in [4.69, 9.17) is 44.2 Å². The molecule has 2 saturated heterocycles. The topological polar surface area (TPSA) is 189 Å². The molecule has 6 aromatic carbocycles. The molecule has 0 bridgehead atoms. The molecule has 15 nitrogen and oxygen atoms in total. The van der Waals surface area contributed by atoms with Gasteiger partial charge in [-0.2, -0.15) is 10.5 Å². The first-order chi connectivity index (χ1) is 42.2. The standard InChI is InChI=1S/C66H44F6N8O7/c67-47-15-35(27-73)7-9-39(47)29-85-61-5-1-3-53(77-61)45-23-49(69)41(17-51(45)71)21-59-75-55-13-11-37(19-57(55)79(59)65-25-43(65)31-83-33-65)63(81)87-64(82)38-12-14-56-58(20-38)80(66-26-44(66)32-84-34-66)60(76-56)22-42-18-52(72)46(24-50(42)70)54-4-2-6-62(78-54)86-30-40-10-8-36(28-74)16-48(40)68/h1-20,23-24,43-44H,21-22,25-26,29-34H2. The van der Waals surface area contributed by atoms with Gasteiger partial charge in [-0.3, -0.25) is 0 Å². The zero-order chi connectivity index (χ0) is 59.9. The van der Waals surface area contributed by atoms with Crippen LogP contribution in [-0.4, -0.2) is 67.4 Å². The van der Waals surface area contributed by atoms with Gasteiger partial charge in [0.25, 0.3) is 0 Å². The third-order valence-electron chi connectivity index (χ3n) is 16.8. The highest BCUT2D eigenvalue weighted by molar-refractivity contribution is 6.05. The predicted molar refractivity (Wildman–Crippen MR) is 299 cm³/mol. The Morgan fingerprint density at radius 1 is 0.517 bits per heavy atom. The molecule has 0 radical (unpaired) electrons. The number of fused-ring (bicyclic) bond motifs is 4. The van der Waals surface area contributed by atoms with Crippen molar-refractivity contribution < 1.29 is 59.6 Å². The van der Waals surface area contributed by atoms with E-state index in [0.29, 0.717) is 73.0 Å². The highest BCUT2D eigenvalue weighted by atomic mass is 19.1. The number of pyridine rings is 2. The molecular formula is C66H44F6N8O7. The molecule has 2 aliphatic heterocycles. The lowest BCUT2D eigenvalue weighted by atomic mass is 10.0. The van der Waals surface area contributed by atoms with Crippen LogP contribution in [0.15, 0.2) is 133 Å². The Hall–Kier alpha value is -10.2. The summed E-state index contributed by atoms with van der Waals surface area (Å²) in [6, 6.07) is 34.2. The first-order valence-electron chi connectivity index (χ1n) is 27.7. The Labute approximate surface area is 490 Å². The number of hydrogen-bond acceptors (Lipinski definition) is 13. The fraction of sp³-hybridized carbons (Fsp3) is 0.212. The summed E-state index contributed by atoms with van der Waals surface area (Å²) in [5, 5.41) is 18.1. The first kappa shape index (κ1) is 54.7. The van der Waals surface area contributed by atoms with Crippen LogP contribution in [0, 0.1) is 69.4 Å². The van der Waals surface area contributed by atoms with Crippen LogP contribution in [0.1, 0.15) is 78.6 Å². The summed E-state index contributed by atoms with van der Waals surface area (Å²) in [5.41, 5.74) is 1.25. The first-order valence-corrected chi connectivity index (χ1v) is 27.7. The lowest BCUT2D eigenvalue weighted by Gasteiger charge is -2.19. The summed E-state index contributed by atoms with van der Waals surface area (Å²) in [4.78, 5) is 46.5. The van der Waals surface area contributed by atoms with Crippen molar-refractivity contribution in [1.82, 2.24) is 29.1 Å². The molecule has 4 aliphatic rings. The van der Waals surface area contributed by atoms with E-state index in [1.807, 2.05) is 21.3 Å². The van der Waals surface area contributed by atoms with Crippen molar-refractivity contribution in [3.63, 3.8) is 0 Å². The maximum absolute atomic E-state index is 16.2. The molecule has 14 rings (SSSR count). The van der Waals surface area contributed by atoms with Crippen LogP contribution in [0.3, 0.4) is 0 Å². The van der Waals surface area contributed by atoms with E-state index in [-0.39, 0.29) is 117 Å². The van der Waals surface area contributed by atoms with E-state index in [1.165, 1.54) is 60.7 Å². The van der Waals surface area contributed by atoms with Crippen molar-refractivity contribution in [2.75, 3.05) is 26.4 Å². The molecule has 10 aromatic rings. The summed E-state index contributed by atoms with van der Waals surface area (Å²) in [6.07, 6.45) is 1.12. The average Bonchev–Trinajstić information content (AvgIpc) is 1.58. The number of halogens is 6. The molecule has 2 saturated carbocycles. The maximum Gasteiger partial charge on any atom is 0.346 e. The Balaban J connectivity index is 0.700. The molecule has 6 heterocycles. The largest absolute Gasteiger partial charge is 0.473 e. The summed E-state index contributed by atoms with van der Waals surface area (Å²) >= 11 is 0. The van der Waals surface area contributed by atoms with E-state index in [9.17, 15) is 18.4 Å². The monoisotopic (exact) mass is 1170 g/mol. The predicted octanol–water partition coefficient (Wildman–Crippen LogP) is 11.9. The van der Waals surface area contributed by atoms with Crippen molar-refractivity contribution >= 4 is 34.0 Å². The highest BCUT2D eigenvalue weighted by Crippen LogP contribution is 2.57. The van der Waals surface area contributed by atoms with Crippen molar-refractivity contribution in [3.8, 4) is 46.4 Å². The Kier molecular flexibility index (Phi) is 13.4. The Morgan fingerprint density at radius 3 is 1.34 bits per heavy atom. The number of nitriles is 2. The summed E-state index contributed by atoms with van der Waals surface area (Å²) in [5.74, 6) is -5.21. The number of ether oxygens (including phenoxy) is 5. The number of rotatable bonds is 16. The van der Waals surface area contributed by atoms with Crippen LogP contribution in [0.4, 0.5) is 26.3 Å². The van der Waals surface area contributed by atoms with Gasteiger partial charge >= 0.3 is 11.9 Å². The van der Waals surface area contributed by atoms with Crippen molar-refractivity contribution in [3.05, 3.63) is 225 Å². The maximum atomic E-state index is 16.2. The van der Waals surface area contributed by atoms with Crippen LogP contribution >= 0.6 is 0 Å². The minimum atomic E-state index is -0.967. The number of aromatic nitrogens is 6. The van der Waals surface area contributed by atoms with Crippen LogP contribution in [-0.2, 0) is 51.3 Å². The summed E-state index contributed by atoms with van der Waals surface area (Å²) in [7, 11) is 0. The van der Waals surface area contributed by atoms with E-state index >= 15 is 17.6 Å². The van der Waals surface area contributed by atoms with Gasteiger partial charge in [0.15, 0.2) is 0 Å². The van der Waals surface area contributed by atoms with E-state index in [0.717, 1.165) is 36.4 Å². The number of benzene rings is 6. The van der Waals surface area contributed by atoms with Gasteiger partial charge in [0.2, 0.25) is 11.8 Å². The van der Waals surface area contributed by atoms with Crippen molar-refractivity contribution in [2.45, 2.75) is 50.0 Å². The normalized spacial score (nSPS) is 18.9.